The van der Waals surface area contributed by atoms with Crippen LogP contribution in [-0.4, -0.2) is 33.5 Å². The number of halogens is 3. The highest BCUT2D eigenvalue weighted by Crippen LogP contribution is 2.38. The molecule has 1 heterocycles. The molecule has 3 rings (SSSR count). The van der Waals surface area contributed by atoms with Gasteiger partial charge in [-0.05, 0) is 12.1 Å². The molecule has 0 unspecified atom stereocenters. The average Bonchev–Trinajstić information content (AvgIpc) is 3.15. The molecule has 0 aromatic heterocycles. The van der Waals surface area contributed by atoms with Crippen LogP contribution in [0.5, 0.6) is 23.0 Å². The first-order valence-corrected chi connectivity index (χ1v) is 8.54. The number of hydrogen-bond acceptors (Lipinski definition) is 5. The summed E-state index contributed by atoms with van der Waals surface area (Å²) >= 11 is 0. The van der Waals surface area contributed by atoms with Crippen molar-refractivity contribution >= 4 is 29.9 Å². The van der Waals surface area contributed by atoms with Gasteiger partial charge in [0.15, 0.2) is 17.5 Å². The molecule has 0 radical (unpaired) electrons. The molecule has 158 valence electrons. The Balaban J connectivity index is 0.00000300. The van der Waals surface area contributed by atoms with E-state index < -0.39 is 6.61 Å². The van der Waals surface area contributed by atoms with E-state index in [1.54, 1.807) is 20.2 Å². The topological polar surface area (TPSA) is 73.3 Å². The molecule has 2 aromatic rings. The van der Waals surface area contributed by atoms with E-state index in [2.05, 4.69) is 20.4 Å². The fraction of sp³-hybridized carbons (Fsp3) is 0.316. The molecule has 0 amide bonds. The Morgan fingerprint density at radius 3 is 2.38 bits per heavy atom. The highest BCUT2D eigenvalue weighted by atomic mass is 127. The van der Waals surface area contributed by atoms with Crippen LogP contribution in [0.2, 0.25) is 0 Å². The second-order valence-corrected chi connectivity index (χ2v) is 5.78. The summed E-state index contributed by atoms with van der Waals surface area (Å²) in [6, 6.07) is 10.6. The number of para-hydroxylation sites is 1. The predicted molar refractivity (Wildman–Crippen MR) is 115 cm³/mol. The predicted octanol–water partition coefficient (Wildman–Crippen LogP) is 3.51. The van der Waals surface area contributed by atoms with E-state index in [1.807, 2.05) is 24.3 Å². The summed E-state index contributed by atoms with van der Waals surface area (Å²) in [6.07, 6.45) is 0. The number of ether oxygens (including phenoxy) is 4. The minimum Gasteiger partial charge on any atom is -0.496 e. The van der Waals surface area contributed by atoms with Crippen molar-refractivity contribution in [3.8, 4) is 23.0 Å². The van der Waals surface area contributed by atoms with Gasteiger partial charge in [0.2, 0.25) is 6.79 Å². The highest BCUT2D eigenvalue weighted by Gasteiger charge is 2.20. The van der Waals surface area contributed by atoms with Gasteiger partial charge in [-0.25, -0.2) is 0 Å². The molecular formula is C19H22F2IN3O4. The van der Waals surface area contributed by atoms with Crippen molar-refractivity contribution in [1.82, 2.24) is 10.6 Å². The summed E-state index contributed by atoms with van der Waals surface area (Å²) in [6.45, 7) is -2.22. The molecule has 0 spiro atoms. The standard InChI is InChI=1S/C19H21F2N3O4.HI/c1-22-19(23-9-12-5-3-4-6-14(12)25-2)24-10-13-7-16-17(27-11-26-16)8-15(13)28-18(20)21;/h3-8,18H,9-11H2,1-2H3,(H2,22,23,24);1H. The van der Waals surface area contributed by atoms with E-state index in [1.165, 1.54) is 6.07 Å². The van der Waals surface area contributed by atoms with E-state index in [0.29, 0.717) is 29.6 Å². The molecule has 0 fully saturated rings. The van der Waals surface area contributed by atoms with Crippen molar-refractivity contribution in [2.75, 3.05) is 21.0 Å². The fourth-order valence-corrected chi connectivity index (χ4v) is 2.74. The minimum atomic E-state index is -2.94. The smallest absolute Gasteiger partial charge is 0.387 e. The molecule has 10 heteroatoms. The quantitative estimate of drug-likeness (QED) is 0.330. The number of guanidine groups is 1. The molecule has 0 bridgehead atoms. The zero-order valence-corrected chi connectivity index (χ0v) is 18.2. The summed E-state index contributed by atoms with van der Waals surface area (Å²) in [5.41, 5.74) is 1.45. The lowest BCUT2D eigenvalue weighted by Gasteiger charge is -2.16. The number of alkyl halides is 2. The Hall–Kier alpha value is -2.50. The zero-order valence-electron chi connectivity index (χ0n) is 15.9. The lowest BCUT2D eigenvalue weighted by Crippen LogP contribution is -2.36. The van der Waals surface area contributed by atoms with Crippen LogP contribution in [0.3, 0.4) is 0 Å². The third-order valence-electron chi connectivity index (χ3n) is 4.08. The van der Waals surface area contributed by atoms with E-state index in [0.717, 1.165) is 11.3 Å². The molecule has 2 N–H and O–H groups in total. The van der Waals surface area contributed by atoms with Crippen molar-refractivity contribution in [1.29, 1.82) is 0 Å². The maximum atomic E-state index is 12.7. The maximum absolute atomic E-state index is 12.7. The van der Waals surface area contributed by atoms with Gasteiger partial charge in [0.05, 0.1) is 7.11 Å². The maximum Gasteiger partial charge on any atom is 0.387 e. The van der Waals surface area contributed by atoms with Gasteiger partial charge in [-0.1, -0.05) is 18.2 Å². The van der Waals surface area contributed by atoms with E-state index >= 15 is 0 Å². The molecule has 0 saturated heterocycles. The minimum absolute atomic E-state index is 0. The number of rotatable bonds is 7. The first-order valence-electron chi connectivity index (χ1n) is 8.54. The largest absolute Gasteiger partial charge is 0.496 e. The number of hydrogen-bond donors (Lipinski definition) is 2. The summed E-state index contributed by atoms with van der Waals surface area (Å²) in [5, 5.41) is 6.23. The van der Waals surface area contributed by atoms with Gasteiger partial charge >= 0.3 is 6.61 Å². The Morgan fingerprint density at radius 1 is 1.07 bits per heavy atom. The fourth-order valence-electron chi connectivity index (χ4n) is 2.74. The Kier molecular flexibility index (Phi) is 8.55. The van der Waals surface area contributed by atoms with E-state index in [9.17, 15) is 8.78 Å². The zero-order chi connectivity index (χ0) is 19.9. The lowest BCUT2D eigenvalue weighted by molar-refractivity contribution is -0.0505. The van der Waals surface area contributed by atoms with Crippen LogP contribution in [0.1, 0.15) is 11.1 Å². The van der Waals surface area contributed by atoms with Crippen molar-refractivity contribution < 1.29 is 27.7 Å². The van der Waals surface area contributed by atoms with Gasteiger partial charge < -0.3 is 29.6 Å². The number of nitrogens with zero attached hydrogens (tertiary/aromatic N) is 1. The van der Waals surface area contributed by atoms with Crippen molar-refractivity contribution in [3.63, 3.8) is 0 Å². The van der Waals surface area contributed by atoms with Crippen LogP contribution in [0, 0.1) is 0 Å². The molecule has 1 aliphatic rings. The van der Waals surface area contributed by atoms with Crippen LogP contribution in [0.4, 0.5) is 8.78 Å². The van der Waals surface area contributed by atoms with Gasteiger partial charge in [0.1, 0.15) is 11.5 Å². The molecular weight excluding hydrogens is 499 g/mol. The van der Waals surface area contributed by atoms with E-state index in [-0.39, 0.29) is 43.1 Å². The molecule has 1 aliphatic heterocycles. The summed E-state index contributed by atoms with van der Waals surface area (Å²) < 4.78 is 45.9. The normalized spacial score (nSPS) is 12.4. The third kappa shape index (κ3) is 5.99. The number of aliphatic imine (C=N–C) groups is 1. The first kappa shape index (κ1) is 22.8. The van der Waals surface area contributed by atoms with Gasteiger partial charge in [-0.3, -0.25) is 4.99 Å². The Bertz CT molecular complexity index is 852. The molecule has 2 aromatic carbocycles. The van der Waals surface area contributed by atoms with Crippen LogP contribution in [0.25, 0.3) is 0 Å². The Morgan fingerprint density at radius 2 is 1.72 bits per heavy atom. The van der Waals surface area contributed by atoms with Crippen LogP contribution >= 0.6 is 24.0 Å². The van der Waals surface area contributed by atoms with Crippen LogP contribution < -0.4 is 29.6 Å². The SMILES string of the molecule is CN=C(NCc1ccccc1OC)NCc1cc2c(cc1OC(F)F)OCO2.I. The molecule has 7 nitrogen and oxygen atoms in total. The van der Waals surface area contributed by atoms with E-state index in [4.69, 9.17) is 14.2 Å². The molecule has 0 atom stereocenters. The van der Waals surface area contributed by atoms with Crippen molar-refractivity contribution in [2.24, 2.45) is 4.99 Å². The molecule has 0 saturated carbocycles. The van der Waals surface area contributed by atoms with Crippen LogP contribution in [0.15, 0.2) is 41.4 Å². The Labute approximate surface area is 184 Å². The summed E-state index contributed by atoms with van der Waals surface area (Å²) in [4.78, 5) is 4.15. The van der Waals surface area contributed by atoms with Crippen molar-refractivity contribution in [3.05, 3.63) is 47.5 Å². The summed E-state index contributed by atoms with van der Waals surface area (Å²) in [5.74, 6) is 2.13. The monoisotopic (exact) mass is 521 g/mol. The number of nitrogens with one attached hydrogen (secondary N) is 2. The summed E-state index contributed by atoms with van der Waals surface area (Å²) in [7, 11) is 3.23. The number of benzene rings is 2. The van der Waals surface area contributed by atoms with Gasteiger partial charge in [-0.2, -0.15) is 8.78 Å². The van der Waals surface area contributed by atoms with Gasteiger partial charge in [0.25, 0.3) is 0 Å². The van der Waals surface area contributed by atoms with Gasteiger partial charge in [-0.15, -0.1) is 24.0 Å². The first-order chi connectivity index (χ1) is 13.6. The molecule has 29 heavy (non-hydrogen) atoms. The average molecular weight is 521 g/mol. The molecule has 0 aliphatic carbocycles. The number of methoxy groups -OCH3 is 1. The lowest BCUT2D eigenvalue weighted by atomic mass is 10.1. The van der Waals surface area contributed by atoms with Crippen LogP contribution in [-0.2, 0) is 13.1 Å². The highest BCUT2D eigenvalue weighted by molar-refractivity contribution is 14.0. The second-order valence-electron chi connectivity index (χ2n) is 5.78. The van der Waals surface area contributed by atoms with Gasteiger partial charge in [0, 0.05) is 37.3 Å². The third-order valence-corrected chi connectivity index (χ3v) is 4.08. The second kappa shape index (κ2) is 10.9. The number of fused-ring (bicyclic) bond motifs is 1. The van der Waals surface area contributed by atoms with Crippen molar-refractivity contribution in [2.45, 2.75) is 19.7 Å².